The monoisotopic (exact) mass is 320 g/mol. The average molecular weight is 321 g/mol. The Morgan fingerprint density at radius 3 is 2.27 bits per heavy atom. The van der Waals surface area contributed by atoms with Crippen molar-refractivity contribution < 1.29 is 14.3 Å². The molecule has 0 aliphatic carbocycles. The molecule has 0 aromatic heterocycles. The predicted molar refractivity (Wildman–Crippen MR) is 88.4 cm³/mol. The van der Waals surface area contributed by atoms with Crippen LogP contribution in [0.1, 0.15) is 5.56 Å². The number of carbonyl (C=O) groups excluding carboxylic acids is 1. The van der Waals surface area contributed by atoms with Gasteiger partial charge < -0.3 is 20.1 Å². The molecule has 0 spiro atoms. The molecule has 0 unspecified atom stereocenters. The van der Waals surface area contributed by atoms with Gasteiger partial charge in [0.2, 0.25) is 0 Å². The summed E-state index contributed by atoms with van der Waals surface area (Å²) < 4.78 is 10.4. The summed E-state index contributed by atoms with van der Waals surface area (Å²) in [4.78, 5) is 12.1. The van der Waals surface area contributed by atoms with E-state index in [-0.39, 0.29) is 6.03 Å². The number of benzene rings is 2. The third-order valence-electron chi connectivity index (χ3n) is 3.12. The highest BCUT2D eigenvalue weighted by Gasteiger charge is 2.13. The molecule has 0 bridgehead atoms. The molecular weight excluding hydrogens is 304 g/mol. The molecule has 0 radical (unpaired) electrons. The summed E-state index contributed by atoms with van der Waals surface area (Å²) in [6.45, 7) is 1.92. The molecule has 0 atom stereocenters. The summed E-state index contributed by atoms with van der Waals surface area (Å²) >= 11 is 6.03. The van der Waals surface area contributed by atoms with Gasteiger partial charge in [-0.1, -0.05) is 29.8 Å². The second-order valence-corrected chi connectivity index (χ2v) is 4.99. The van der Waals surface area contributed by atoms with Crippen molar-refractivity contribution in [1.82, 2.24) is 0 Å². The van der Waals surface area contributed by atoms with E-state index >= 15 is 0 Å². The third-order valence-corrected chi connectivity index (χ3v) is 3.41. The van der Waals surface area contributed by atoms with Gasteiger partial charge in [0.15, 0.2) is 0 Å². The maximum atomic E-state index is 12.1. The largest absolute Gasteiger partial charge is 0.495 e. The van der Waals surface area contributed by atoms with Crippen LogP contribution in [0, 0.1) is 6.92 Å². The first-order valence-corrected chi connectivity index (χ1v) is 6.98. The van der Waals surface area contributed by atoms with Crippen LogP contribution >= 0.6 is 11.6 Å². The fourth-order valence-corrected chi connectivity index (χ4v) is 2.18. The van der Waals surface area contributed by atoms with Crippen molar-refractivity contribution in [3.05, 3.63) is 47.0 Å². The van der Waals surface area contributed by atoms with Crippen LogP contribution in [0.3, 0.4) is 0 Å². The van der Waals surface area contributed by atoms with Crippen molar-refractivity contribution >= 4 is 29.0 Å². The zero-order valence-electron chi connectivity index (χ0n) is 12.6. The maximum Gasteiger partial charge on any atom is 0.323 e. The van der Waals surface area contributed by atoms with Gasteiger partial charge in [-0.25, -0.2) is 4.79 Å². The van der Waals surface area contributed by atoms with Gasteiger partial charge >= 0.3 is 6.03 Å². The summed E-state index contributed by atoms with van der Waals surface area (Å²) in [6.07, 6.45) is 0. The molecule has 2 aromatic carbocycles. The lowest BCUT2D eigenvalue weighted by Gasteiger charge is -2.14. The molecule has 5 nitrogen and oxygen atoms in total. The van der Waals surface area contributed by atoms with E-state index in [4.69, 9.17) is 21.1 Å². The quantitative estimate of drug-likeness (QED) is 0.882. The van der Waals surface area contributed by atoms with Crippen LogP contribution < -0.4 is 20.1 Å². The number of para-hydroxylation sites is 1. The summed E-state index contributed by atoms with van der Waals surface area (Å²) in [5.41, 5.74) is 2.17. The van der Waals surface area contributed by atoms with E-state index in [2.05, 4.69) is 10.6 Å². The minimum atomic E-state index is -0.378. The van der Waals surface area contributed by atoms with E-state index in [1.54, 1.807) is 12.1 Å². The standard InChI is InChI=1S/C16H17ClN2O3/c1-10-6-4-5-7-12(10)18-16(20)19-13-9-14(21-2)11(17)8-15(13)22-3/h4-9H,1-3H3,(H2,18,19,20). The Morgan fingerprint density at radius 1 is 1.00 bits per heavy atom. The van der Waals surface area contributed by atoms with Gasteiger partial charge in [0.1, 0.15) is 11.5 Å². The van der Waals surface area contributed by atoms with Crippen molar-refractivity contribution in [1.29, 1.82) is 0 Å². The van der Waals surface area contributed by atoms with Gasteiger partial charge in [-0.3, -0.25) is 0 Å². The van der Waals surface area contributed by atoms with Gasteiger partial charge in [0, 0.05) is 17.8 Å². The van der Waals surface area contributed by atoms with Crippen LogP contribution in [-0.2, 0) is 0 Å². The summed E-state index contributed by atoms with van der Waals surface area (Å²) in [5.74, 6) is 0.902. The van der Waals surface area contributed by atoms with Crippen molar-refractivity contribution in [2.45, 2.75) is 6.92 Å². The molecular formula is C16H17ClN2O3. The third kappa shape index (κ3) is 3.62. The number of aryl methyl sites for hydroxylation is 1. The molecule has 2 rings (SSSR count). The predicted octanol–water partition coefficient (Wildman–Crippen LogP) is 4.31. The van der Waals surface area contributed by atoms with E-state index in [0.717, 1.165) is 11.3 Å². The first kappa shape index (κ1) is 16.0. The summed E-state index contributed by atoms with van der Waals surface area (Å²) in [6, 6.07) is 10.3. The Kier molecular flexibility index (Phi) is 5.12. The topological polar surface area (TPSA) is 59.6 Å². The van der Waals surface area contributed by atoms with E-state index in [1.165, 1.54) is 14.2 Å². The van der Waals surface area contributed by atoms with Crippen molar-refractivity contribution in [3.8, 4) is 11.5 Å². The number of methoxy groups -OCH3 is 2. The highest BCUT2D eigenvalue weighted by Crippen LogP contribution is 2.35. The Morgan fingerprint density at radius 2 is 1.64 bits per heavy atom. The normalized spacial score (nSPS) is 10.0. The van der Waals surface area contributed by atoms with Gasteiger partial charge in [-0.05, 0) is 18.6 Å². The van der Waals surface area contributed by atoms with Gasteiger partial charge in [0.05, 0.1) is 24.9 Å². The molecule has 0 heterocycles. The second-order valence-electron chi connectivity index (χ2n) is 4.58. The molecule has 2 N–H and O–H groups in total. The molecule has 6 heteroatoms. The first-order chi connectivity index (χ1) is 10.5. The molecule has 0 fully saturated rings. The van der Waals surface area contributed by atoms with Gasteiger partial charge in [-0.15, -0.1) is 0 Å². The lowest BCUT2D eigenvalue weighted by Crippen LogP contribution is -2.20. The number of carbonyl (C=O) groups is 1. The smallest absolute Gasteiger partial charge is 0.323 e. The number of rotatable bonds is 4. The van der Waals surface area contributed by atoms with Crippen LogP contribution in [0.5, 0.6) is 11.5 Å². The Hall–Kier alpha value is -2.40. The van der Waals surface area contributed by atoms with Crippen LogP contribution in [0.15, 0.2) is 36.4 Å². The Bertz CT molecular complexity index is 689. The van der Waals surface area contributed by atoms with E-state index in [9.17, 15) is 4.79 Å². The molecule has 0 aliphatic rings. The molecule has 0 saturated carbocycles. The minimum absolute atomic E-state index is 0.378. The molecule has 0 saturated heterocycles. The number of ether oxygens (including phenoxy) is 2. The number of halogens is 1. The lowest BCUT2D eigenvalue weighted by molar-refractivity contribution is 0.262. The number of hydrogen-bond donors (Lipinski definition) is 2. The van der Waals surface area contributed by atoms with Crippen LogP contribution in [0.25, 0.3) is 0 Å². The Balaban J connectivity index is 2.19. The molecule has 22 heavy (non-hydrogen) atoms. The highest BCUT2D eigenvalue weighted by atomic mass is 35.5. The first-order valence-electron chi connectivity index (χ1n) is 6.60. The second kappa shape index (κ2) is 7.04. The Labute approximate surface area is 134 Å². The zero-order chi connectivity index (χ0) is 16.1. The summed E-state index contributed by atoms with van der Waals surface area (Å²) in [7, 11) is 3.01. The van der Waals surface area contributed by atoms with E-state index in [0.29, 0.717) is 22.2 Å². The number of hydrogen-bond acceptors (Lipinski definition) is 3. The van der Waals surface area contributed by atoms with Crippen LogP contribution in [0.4, 0.5) is 16.2 Å². The fraction of sp³-hybridized carbons (Fsp3) is 0.188. The van der Waals surface area contributed by atoms with E-state index < -0.39 is 0 Å². The van der Waals surface area contributed by atoms with Gasteiger partial charge in [-0.2, -0.15) is 0 Å². The summed E-state index contributed by atoms with van der Waals surface area (Å²) in [5, 5.41) is 5.91. The van der Waals surface area contributed by atoms with Crippen LogP contribution in [0.2, 0.25) is 5.02 Å². The zero-order valence-corrected chi connectivity index (χ0v) is 13.3. The molecule has 116 valence electrons. The maximum absolute atomic E-state index is 12.1. The molecule has 2 amide bonds. The highest BCUT2D eigenvalue weighted by molar-refractivity contribution is 6.32. The number of nitrogens with one attached hydrogen (secondary N) is 2. The lowest BCUT2D eigenvalue weighted by atomic mass is 10.2. The van der Waals surface area contributed by atoms with Crippen molar-refractivity contribution in [2.24, 2.45) is 0 Å². The van der Waals surface area contributed by atoms with Gasteiger partial charge in [0.25, 0.3) is 0 Å². The SMILES string of the molecule is COc1cc(NC(=O)Nc2ccccc2C)c(OC)cc1Cl. The average Bonchev–Trinajstić information content (AvgIpc) is 2.50. The molecule has 0 aliphatic heterocycles. The van der Waals surface area contributed by atoms with Crippen molar-refractivity contribution in [3.63, 3.8) is 0 Å². The van der Waals surface area contributed by atoms with E-state index in [1.807, 2.05) is 31.2 Å². The van der Waals surface area contributed by atoms with Crippen LogP contribution in [-0.4, -0.2) is 20.3 Å². The number of amides is 2. The molecule has 2 aromatic rings. The van der Waals surface area contributed by atoms with Crippen molar-refractivity contribution in [2.75, 3.05) is 24.9 Å². The fourth-order valence-electron chi connectivity index (χ4n) is 1.95. The number of anilines is 2. The number of urea groups is 1. The minimum Gasteiger partial charge on any atom is -0.495 e.